The maximum Gasteiger partial charge on any atom is 0.337 e. The van der Waals surface area contributed by atoms with Gasteiger partial charge in [0.1, 0.15) is 5.82 Å². The van der Waals surface area contributed by atoms with Crippen LogP contribution < -0.4 is 22.3 Å². The van der Waals surface area contributed by atoms with Gasteiger partial charge in [-0.15, -0.1) is 0 Å². The predicted molar refractivity (Wildman–Crippen MR) is 182 cm³/mol. The minimum Gasteiger partial charge on any atom is -0.352 e. The zero-order chi connectivity index (χ0) is 33.3. The Morgan fingerprint density at radius 3 is 2.45 bits per heavy atom. The molecule has 0 unspecified atom stereocenters. The van der Waals surface area contributed by atoms with Crippen LogP contribution in [0.25, 0.3) is 27.8 Å². The molecule has 2 aromatic carbocycles. The van der Waals surface area contributed by atoms with Gasteiger partial charge in [0.15, 0.2) is 5.65 Å². The molecule has 47 heavy (non-hydrogen) atoms. The number of amides is 1. The number of pyridine rings is 1. The van der Waals surface area contributed by atoms with Gasteiger partial charge in [0.05, 0.1) is 22.8 Å². The first-order chi connectivity index (χ1) is 22.5. The summed E-state index contributed by atoms with van der Waals surface area (Å²) in [7, 11) is 2.13. The highest BCUT2D eigenvalue weighted by atomic mass is 19.1. The molecule has 10 nitrogen and oxygen atoms in total. The smallest absolute Gasteiger partial charge is 0.337 e. The van der Waals surface area contributed by atoms with Crippen LogP contribution in [0.5, 0.6) is 0 Å². The Hall–Kier alpha value is -4.19. The molecule has 1 saturated carbocycles. The largest absolute Gasteiger partial charge is 0.352 e. The predicted octanol–water partition coefficient (Wildman–Crippen LogP) is 3.83. The van der Waals surface area contributed by atoms with Crippen LogP contribution in [-0.2, 0) is 11.3 Å². The van der Waals surface area contributed by atoms with E-state index in [0.717, 1.165) is 55.5 Å². The van der Waals surface area contributed by atoms with Gasteiger partial charge in [-0.05, 0) is 94.9 Å². The fourth-order valence-corrected chi connectivity index (χ4v) is 6.79. The van der Waals surface area contributed by atoms with Crippen LogP contribution in [0.3, 0.4) is 0 Å². The van der Waals surface area contributed by atoms with E-state index >= 15 is 0 Å². The average molecular weight is 642 g/mol. The zero-order valence-electron chi connectivity index (χ0n) is 27.4. The van der Waals surface area contributed by atoms with Crippen molar-refractivity contribution in [3.63, 3.8) is 0 Å². The molecule has 1 aliphatic carbocycles. The van der Waals surface area contributed by atoms with Gasteiger partial charge in [-0.3, -0.25) is 19.1 Å². The Bertz CT molecular complexity index is 1870. The highest BCUT2D eigenvalue weighted by molar-refractivity contribution is 5.85. The van der Waals surface area contributed by atoms with Gasteiger partial charge in [-0.25, -0.2) is 18.7 Å². The van der Waals surface area contributed by atoms with Crippen LogP contribution in [0.4, 0.5) is 4.39 Å². The summed E-state index contributed by atoms with van der Waals surface area (Å²) < 4.78 is 17.5. The normalized spacial score (nSPS) is 19.9. The standard InChI is InChI=1S/C36H44FN7O3/c1-36(2,38)34(46)40-28-12-14-29(15-13-28)43-33(45)30-21-27(37)22-39-32(30)44(35(43)47)31-20-25(24-8-5-4-6-9-24)10-11-26(31)23-42-17-7-16-41(3)18-19-42/h4-6,8-11,20-22,28-29H,7,12-19,23,38H2,1-3H3,(H,40,46)/t28-,29+. The van der Waals surface area contributed by atoms with E-state index in [1.807, 2.05) is 36.4 Å². The molecule has 1 amide bonds. The number of likely N-dealkylation sites (N-methyl/N-ethyl adjacent to an activating group) is 1. The second-order valence-electron chi connectivity index (χ2n) is 13.7. The number of nitrogens with zero attached hydrogens (tertiary/aromatic N) is 5. The van der Waals surface area contributed by atoms with Crippen molar-refractivity contribution in [3.8, 4) is 16.8 Å². The Kier molecular flexibility index (Phi) is 9.41. The van der Waals surface area contributed by atoms with E-state index < -0.39 is 28.6 Å². The number of rotatable bonds is 7. The number of aromatic nitrogens is 3. The molecule has 1 saturated heterocycles. The molecule has 3 N–H and O–H groups in total. The third kappa shape index (κ3) is 7.07. The van der Waals surface area contributed by atoms with Gasteiger partial charge in [-0.1, -0.05) is 42.5 Å². The Morgan fingerprint density at radius 2 is 1.72 bits per heavy atom. The van der Waals surface area contributed by atoms with E-state index in [1.54, 1.807) is 13.8 Å². The second-order valence-corrected chi connectivity index (χ2v) is 13.7. The molecule has 1 aliphatic heterocycles. The fourth-order valence-electron chi connectivity index (χ4n) is 6.79. The molecule has 248 valence electrons. The van der Waals surface area contributed by atoms with Crippen molar-refractivity contribution < 1.29 is 9.18 Å². The van der Waals surface area contributed by atoms with Crippen molar-refractivity contribution in [2.75, 3.05) is 33.2 Å². The van der Waals surface area contributed by atoms with E-state index in [9.17, 15) is 18.8 Å². The van der Waals surface area contributed by atoms with E-state index in [2.05, 4.69) is 39.3 Å². The maximum atomic E-state index is 14.7. The first-order valence-electron chi connectivity index (χ1n) is 16.5. The number of benzene rings is 2. The quantitative estimate of drug-likeness (QED) is 0.315. The molecule has 0 atom stereocenters. The molecule has 3 heterocycles. The highest BCUT2D eigenvalue weighted by Crippen LogP contribution is 2.30. The molecular formula is C36H44FN7O3. The summed E-state index contributed by atoms with van der Waals surface area (Å²) >= 11 is 0. The highest BCUT2D eigenvalue weighted by Gasteiger charge is 2.31. The average Bonchev–Trinajstić information content (AvgIpc) is 3.26. The van der Waals surface area contributed by atoms with E-state index in [4.69, 9.17) is 5.73 Å². The Labute approximate surface area is 274 Å². The molecule has 0 spiro atoms. The van der Waals surface area contributed by atoms with Crippen molar-refractivity contribution in [3.05, 3.63) is 93.0 Å². The van der Waals surface area contributed by atoms with Crippen LogP contribution >= 0.6 is 0 Å². The molecule has 2 fully saturated rings. The summed E-state index contributed by atoms with van der Waals surface area (Å²) in [6, 6.07) is 16.7. The number of nitrogens with one attached hydrogen (secondary N) is 1. The number of hydrogen-bond donors (Lipinski definition) is 2. The van der Waals surface area contributed by atoms with E-state index in [1.165, 1.54) is 15.2 Å². The fraction of sp³-hybridized carbons (Fsp3) is 0.444. The number of hydrogen-bond acceptors (Lipinski definition) is 7. The molecule has 11 heteroatoms. The number of halogens is 1. The number of fused-ring (bicyclic) bond motifs is 1. The summed E-state index contributed by atoms with van der Waals surface area (Å²) in [5.74, 6) is -0.885. The summed E-state index contributed by atoms with van der Waals surface area (Å²) in [4.78, 5) is 50.2. The first kappa shape index (κ1) is 32.7. The molecular weight excluding hydrogens is 597 g/mol. The minimum absolute atomic E-state index is 0.0531. The summed E-state index contributed by atoms with van der Waals surface area (Å²) in [5.41, 5.74) is 7.50. The SMILES string of the molecule is CN1CCCN(Cc2ccc(-c3ccccc3)cc2-n2c(=O)n([C@H]3CC[C@@H](NC(=O)C(C)(C)N)CC3)c(=O)c3cc(F)cnc32)CC1. The maximum absolute atomic E-state index is 14.7. The molecule has 2 aliphatic rings. The molecule has 0 radical (unpaired) electrons. The lowest BCUT2D eigenvalue weighted by Crippen LogP contribution is -2.53. The van der Waals surface area contributed by atoms with Gasteiger partial charge in [0.25, 0.3) is 5.56 Å². The molecule has 2 aromatic heterocycles. The molecule has 0 bridgehead atoms. The van der Waals surface area contributed by atoms with Gasteiger partial charge >= 0.3 is 5.69 Å². The van der Waals surface area contributed by atoms with Crippen LogP contribution in [0.2, 0.25) is 0 Å². The summed E-state index contributed by atoms with van der Waals surface area (Å²) in [6.45, 7) is 7.69. The zero-order valence-corrected chi connectivity index (χ0v) is 27.4. The van der Waals surface area contributed by atoms with Crippen molar-refractivity contribution in [1.29, 1.82) is 0 Å². The number of nitrogens with two attached hydrogens (primary N) is 1. The lowest BCUT2D eigenvalue weighted by atomic mass is 9.90. The summed E-state index contributed by atoms with van der Waals surface area (Å²) in [5, 5.41) is 3.06. The van der Waals surface area contributed by atoms with Gasteiger partial charge < -0.3 is 16.0 Å². The van der Waals surface area contributed by atoms with Crippen molar-refractivity contribution >= 4 is 16.9 Å². The summed E-state index contributed by atoms with van der Waals surface area (Å²) in [6.07, 6.45) is 4.25. The Balaban J connectivity index is 1.47. The first-order valence-corrected chi connectivity index (χ1v) is 16.5. The lowest BCUT2D eigenvalue weighted by molar-refractivity contribution is -0.126. The topological polar surface area (TPSA) is 118 Å². The van der Waals surface area contributed by atoms with Crippen molar-refractivity contribution in [1.82, 2.24) is 29.2 Å². The molecule has 4 aromatic rings. The van der Waals surface area contributed by atoms with E-state index in [0.29, 0.717) is 37.9 Å². The van der Waals surface area contributed by atoms with Gasteiger partial charge in [0, 0.05) is 31.7 Å². The minimum atomic E-state index is -1.01. The molecule has 6 rings (SSSR count). The van der Waals surface area contributed by atoms with Crippen LogP contribution in [0.15, 0.2) is 70.4 Å². The van der Waals surface area contributed by atoms with Gasteiger partial charge in [0.2, 0.25) is 5.91 Å². The van der Waals surface area contributed by atoms with Crippen molar-refractivity contribution in [2.24, 2.45) is 5.73 Å². The third-order valence-electron chi connectivity index (χ3n) is 9.51. The van der Waals surface area contributed by atoms with Gasteiger partial charge in [-0.2, -0.15) is 0 Å². The van der Waals surface area contributed by atoms with Crippen LogP contribution in [0, 0.1) is 5.82 Å². The van der Waals surface area contributed by atoms with E-state index in [-0.39, 0.29) is 23.0 Å². The number of carbonyl (C=O) groups is 1. The van der Waals surface area contributed by atoms with Crippen LogP contribution in [-0.4, -0.2) is 74.6 Å². The second kappa shape index (κ2) is 13.5. The lowest BCUT2D eigenvalue weighted by Gasteiger charge is -2.32. The number of carbonyl (C=O) groups excluding carboxylic acids is 1. The monoisotopic (exact) mass is 641 g/mol. The van der Waals surface area contributed by atoms with Crippen LogP contribution in [0.1, 0.15) is 57.6 Å². The van der Waals surface area contributed by atoms with Crippen molar-refractivity contribution in [2.45, 2.75) is 70.1 Å². The third-order valence-corrected chi connectivity index (χ3v) is 9.51. The Morgan fingerprint density at radius 1 is 0.979 bits per heavy atom.